The fraction of sp³-hybridized carbons (Fsp3) is 0.0194. The second kappa shape index (κ2) is 28.3. The number of fused-ring (bicyclic) bond motifs is 10. The Morgan fingerprint density at radius 3 is 0.862 bits per heavy atom. The molecule has 16 aromatic carbocycles. The van der Waals surface area contributed by atoms with Crippen molar-refractivity contribution in [3.05, 3.63) is 439 Å². The summed E-state index contributed by atoms with van der Waals surface area (Å²) in [6, 6.07) is 143. The standard InChI is InChI=1S/C103H70N6/c104-98(86-58-78(69-29-9-1-10-30-69)54-79(59-86)70-31-11-2-12-32-70)106-99(87-60-80(71-33-13-3-14-34-71)55-81(61-87)72-35-15-4-16-36-72)105-67-68-49-51-92-93-52-50-77(66-97(93)103(96(92)53-68)94-47-27-25-45-90(94)91-46-26-28-48-95(91)103)100-107-101(88-62-82(73-37-17-5-18-38-73)56-83(63-88)74-39-19-6-20-40-74)109-102(108-100)89-64-84(75-41-21-7-22-42-75)57-85(65-89)76-43-23-8-24-44-76/h1-66H,67H2,(H2,104,105,106). The summed E-state index contributed by atoms with van der Waals surface area (Å²) in [6.45, 7) is 0.293. The van der Waals surface area contributed by atoms with E-state index in [1.807, 2.05) is 12.1 Å². The maximum Gasteiger partial charge on any atom is 0.164 e. The largest absolute Gasteiger partial charge is 0.383 e. The second-order valence-corrected chi connectivity index (χ2v) is 28.0. The van der Waals surface area contributed by atoms with E-state index in [0.29, 0.717) is 35.7 Å². The van der Waals surface area contributed by atoms with Crippen molar-refractivity contribution in [2.45, 2.75) is 12.0 Å². The van der Waals surface area contributed by atoms with Gasteiger partial charge in [-0.25, -0.2) is 19.9 Å². The Morgan fingerprint density at radius 1 is 0.229 bits per heavy atom. The Morgan fingerprint density at radius 2 is 0.505 bits per heavy atom. The van der Waals surface area contributed by atoms with E-state index >= 15 is 0 Å². The van der Waals surface area contributed by atoms with Crippen molar-refractivity contribution in [1.29, 1.82) is 0 Å². The van der Waals surface area contributed by atoms with E-state index in [9.17, 15) is 0 Å². The molecule has 0 aliphatic heterocycles. The third-order valence-corrected chi connectivity index (χ3v) is 21.3. The summed E-state index contributed by atoms with van der Waals surface area (Å²) < 4.78 is 0. The highest BCUT2D eigenvalue weighted by atomic mass is 15.0. The first kappa shape index (κ1) is 65.4. The van der Waals surface area contributed by atoms with E-state index in [4.69, 9.17) is 30.7 Å². The first-order valence-electron chi connectivity index (χ1n) is 37.1. The summed E-state index contributed by atoms with van der Waals surface area (Å²) in [5.74, 6) is 2.55. The molecule has 1 aromatic heterocycles. The van der Waals surface area contributed by atoms with Crippen LogP contribution in [0.25, 0.3) is 145 Å². The Hall–Kier alpha value is -14.3. The van der Waals surface area contributed by atoms with E-state index in [2.05, 4.69) is 388 Å². The van der Waals surface area contributed by atoms with E-state index in [1.54, 1.807) is 0 Å². The van der Waals surface area contributed by atoms with Crippen LogP contribution in [0.15, 0.2) is 410 Å². The molecule has 0 unspecified atom stereocenters. The minimum absolute atomic E-state index is 0.293. The van der Waals surface area contributed by atoms with Gasteiger partial charge in [-0.1, -0.05) is 322 Å². The maximum atomic E-state index is 7.48. The van der Waals surface area contributed by atoms with Crippen LogP contribution in [0.1, 0.15) is 38.9 Å². The molecule has 6 nitrogen and oxygen atoms in total. The van der Waals surface area contributed by atoms with Crippen LogP contribution in [0.2, 0.25) is 0 Å². The molecule has 0 atom stereocenters. The molecule has 0 radical (unpaired) electrons. The lowest BCUT2D eigenvalue weighted by molar-refractivity contribution is 0.791. The minimum Gasteiger partial charge on any atom is -0.383 e. The van der Waals surface area contributed by atoms with Crippen molar-refractivity contribution in [3.8, 4) is 145 Å². The molecule has 19 rings (SSSR count). The van der Waals surface area contributed by atoms with E-state index in [0.717, 1.165) is 139 Å². The molecule has 2 N–H and O–H groups in total. The molecule has 17 aromatic rings. The van der Waals surface area contributed by atoms with Crippen LogP contribution in [0.5, 0.6) is 0 Å². The predicted octanol–water partition coefficient (Wildman–Crippen LogP) is 24.9. The maximum absolute atomic E-state index is 7.48. The van der Waals surface area contributed by atoms with Crippen molar-refractivity contribution in [2.75, 3.05) is 0 Å². The smallest absolute Gasteiger partial charge is 0.164 e. The van der Waals surface area contributed by atoms with Crippen LogP contribution in [-0.4, -0.2) is 26.6 Å². The molecule has 6 heteroatoms. The molecule has 1 spiro atoms. The third kappa shape index (κ3) is 12.5. The van der Waals surface area contributed by atoms with Crippen LogP contribution in [-0.2, 0) is 12.0 Å². The first-order valence-corrected chi connectivity index (χ1v) is 37.1. The van der Waals surface area contributed by atoms with E-state index < -0.39 is 5.41 Å². The fourth-order valence-corrected chi connectivity index (χ4v) is 16.1. The Kier molecular flexibility index (Phi) is 17.0. The van der Waals surface area contributed by atoms with Gasteiger partial charge in [0.1, 0.15) is 5.84 Å². The number of amidine groups is 2. The van der Waals surface area contributed by atoms with Gasteiger partial charge < -0.3 is 5.73 Å². The lowest BCUT2D eigenvalue weighted by Gasteiger charge is -2.31. The summed E-state index contributed by atoms with van der Waals surface area (Å²) in [4.78, 5) is 28.1. The van der Waals surface area contributed by atoms with Gasteiger partial charge in [-0.2, -0.15) is 0 Å². The van der Waals surface area contributed by atoms with Gasteiger partial charge in [-0.15, -0.1) is 0 Å². The van der Waals surface area contributed by atoms with Gasteiger partial charge in [0.15, 0.2) is 23.3 Å². The van der Waals surface area contributed by atoms with Gasteiger partial charge in [0, 0.05) is 27.8 Å². The molecule has 512 valence electrons. The topological polar surface area (TPSA) is 89.4 Å². The Balaban J connectivity index is 0.795. The van der Waals surface area contributed by atoms with Gasteiger partial charge in [0.05, 0.1) is 12.0 Å². The third-order valence-electron chi connectivity index (χ3n) is 21.3. The molecule has 1 heterocycles. The number of hydrogen-bond acceptors (Lipinski definition) is 4. The van der Waals surface area contributed by atoms with Gasteiger partial charge in [0.25, 0.3) is 0 Å². The average molecular weight is 1390 g/mol. The summed E-state index contributed by atoms with van der Waals surface area (Å²) in [5.41, 5.74) is 38.5. The van der Waals surface area contributed by atoms with Gasteiger partial charge in [0.2, 0.25) is 0 Å². The van der Waals surface area contributed by atoms with Crippen LogP contribution in [0, 0.1) is 0 Å². The molecule has 0 saturated carbocycles. The highest BCUT2D eigenvalue weighted by Crippen LogP contribution is 2.63. The predicted molar refractivity (Wildman–Crippen MR) is 450 cm³/mol. The summed E-state index contributed by atoms with van der Waals surface area (Å²) in [6.07, 6.45) is 0. The second-order valence-electron chi connectivity index (χ2n) is 28.0. The molecule has 2 aliphatic rings. The quantitative estimate of drug-likeness (QED) is 0.0818. The highest BCUT2D eigenvalue weighted by molar-refractivity contribution is 6.12. The Bertz CT molecular complexity index is 5920. The van der Waals surface area contributed by atoms with Gasteiger partial charge in [-0.05, 0) is 218 Å². The van der Waals surface area contributed by atoms with E-state index in [-0.39, 0.29) is 0 Å². The summed E-state index contributed by atoms with van der Waals surface area (Å²) in [7, 11) is 0. The van der Waals surface area contributed by atoms with Crippen molar-refractivity contribution in [2.24, 2.45) is 15.7 Å². The molecule has 0 amide bonds. The molecule has 2 aliphatic carbocycles. The number of nitrogens with zero attached hydrogens (tertiary/aromatic N) is 5. The Labute approximate surface area is 635 Å². The number of hydrogen-bond donors (Lipinski definition) is 1. The lowest BCUT2D eigenvalue weighted by atomic mass is 9.70. The zero-order valence-corrected chi connectivity index (χ0v) is 59.6. The van der Waals surface area contributed by atoms with Crippen molar-refractivity contribution < 1.29 is 0 Å². The van der Waals surface area contributed by atoms with Crippen molar-refractivity contribution in [1.82, 2.24) is 15.0 Å². The normalized spacial score (nSPS) is 12.5. The molecule has 0 bridgehead atoms. The van der Waals surface area contributed by atoms with Gasteiger partial charge >= 0.3 is 0 Å². The zero-order chi connectivity index (χ0) is 72.6. The van der Waals surface area contributed by atoms with Crippen LogP contribution in [0.3, 0.4) is 0 Å². The molecule has 0 fully saturated rings. The van der Waals surface area contributed by atoms with Crippen molar-refractivity contribution in [3.63, 3.8) is 0 Å². The molecule has 109 heavy (non-hydrogen) atoms. The first-order chi connectivity index (χ1) is 53.9. The minimum atomic E-state index is -0.768. The number of nitrogens with two attached hydrogens (primary N) is 1. The molecular weight excluding hydrogens is 1320 g/mol. The number of benzene rings is 16. The number of rotatable bonds is 15. The SMILES string of the molecule is NC(=NC(=NCc1ccc2c(c1)C1(c3ccccc3-c3ccccc31)c1cc(-c3nc(-c4cc(-c5ccccc5)cc(-c5ccccc5)c4)nc(-c4cc(-c5ccccc5)cc(-c5ccccc5)c4)n3)ccc1-2)c1cc(-c2ccccc2)cc(-c2ccccc2)c1)c1cc(-c2ccccc2)cc(-c2ccccc2)c1. The lowest BCUT2D eigenvalue weighted by Crippen LogP contribution is -2.26. The zero-order valence-electron chi connectivity index (χ0n) is 59.6. The van der Waals surface area contributed by atoms with Crippen LogP contribution >= 0.6 is 0 Å². The van der Waals surface area contributed by atoms with Crippen LogP contribution in [0.4, 0.5) is 0 Å². The average Bonchev–Trinajstić information content (AvgIpc) is 1.51. The molecule has 0 saturated heterocycles. The van der Waals surface area contributed by atoms with E-state index in [1.165, 1.54) is 27.8 Å². The summed E-state index contributed by atoms with van der Waals surface area (Å²) in [5, 5.41) is 0. The van der Waals surface area contributed by atoms with Crippen molar-refractivity contribution >= 4 is 11.7 Å². The summed E-state index contributed by atoms with van der Waals surface area (Å²) >= 11 is 0. The van der Waals surface area contributed by atoms with Crippen LogP contribution < -0.4 is 5.73 Å². The fourth-order valence-electron chi connectivity index (χ4n) is 16.1. The molecular formula is C103H70N6. The highest BCUT2D eigenvalue weighted by Gasteiger charge is 2.52. The number of aromatic nitrogens is 3. The number of aliphatic imine (C=N–C) groups is 2. The van der Waals surface area contributed by atoms with Gasteiger partial charge in [-0.3, -0.25) is 4.99 Å². The monoisotopic (exact) mass is 1390 g/mol.